The second-order valence-electron chi connectivity index (χ2n) is 7.10. The highest BCUT2D eigenvalue weighted by Gasteiger charge is 2.37. The van der Waals surface area contributed by atoms with E-state index in [1.807, 2.05) is 27.7 Å². The average Bonchev–Trinajstić information content (AvgIpc) is 2.24. The lowest BCUT2D eigenvalue weighted by atomic mass is 9.76. The van der Waals surface area contributed by atoms with Gasteiger partial charge in [0.2, 0.25) is 5.91 Å². The van der Waals surface area contributed by atoms with Crippen molar-refractivity contribution in [2.75, 3.05) is 6.61 Å². The van der Waals surface area contributed by atoms with Crippen LogP contribution in [0.15, 0.2) is 0 Å². The van der Waals surface area contributed by atoms with Gasteiger partial charge in [0.15, 0.2) is 0 Å². The van der Waals surface area contributed by atoms with Crippen LogP contribution in [0.25, 0.3) is 0 Å². The van der Waals surface area contributed by atoms with Crippen molar-refractivity contribution in [3.05, 3.63) is 0 Å². The number of rotatable bonds is 6. The number of ether oxygens (including phenoxy) is 1. The molecule has 0 unspecified atom stereocenters. The Morgan fingerprint density at radius 2 is 1.50 bits per heavy atom. The van der Waals surface area contributed by atoms with Gasteiger partial charge in [0.05, 0.1) is 6.10 Å². The van der Waals surface area contributed by atoms with Crippen LogP contribution in [0, 0.1) is 11.3 Å². The molecule has 0 aromatic heterocycles. The first-order chi connectivity index (χ1) is 8.85. The molecular formula is C16H33NO3. The van der Waals surface area contributed by atoms with E-state index in [-0.39, 0.29) is 18.6 Å². The predicted molar refractivity (Wildman–Crippen MR) is 83.7 cm³/mol. The number of aldehydes is 1. The van der Waals surface area contributed by atoms with Gasteiger partial charge in [0.1, 0.15) is 12.9 Å². The average molecular weight is 287 g/mol. The molecule has 0 rings (SSSR count). The quantitative estimate of drug-likeness (QED) is 0.763. The summed E-state index contributed by atoms with van der Waals surface area (Å²) in [6.45, 7) is 17.5. The van der Waals surface area contributed by atoms with E-state index >= 15 is 0 Å². The zero-order valence-corrected chi connectivity index (χ0v) is 14.7. The fraction of sp³-hybridized carbons (Fsp3) is 0.875. The highest BCUT2D eigenvalue weighted by Crippen LogP contribution is 2.27. The summed E-state index contributed by atoms with van der Waals surface area (Å²) < 4.78 is 5.20. The summed E-state index contributed by atoms with van der Waals surface area (Å²) in [5.41, 5.74) is -1.20. The first-order valence-electron chi connectivity index (χ1n) is 7.24. The van der Waals surface area contributed by atoms with Crippen molar-refractivity contribution in [2.24, 2.45) is 11.3 Å². The summed E-state index contributed by atoms with van der Waals surface area (Å²) in [6, 6.07) is 0. The van der Waals surface area contributed by atoms with Crippen molar-refractivity contribution in [1.82, 2.24) is 5.32 Å². The molecule has 0 fully saturated rings. The van der Waals surface area contributed by atoms with Crippen LogP contribution in [-0.4, -0.2) is 30.4 Å². The van der Waals surface area contributed by atoms with Gasteiger partial charge in [-0.25, -0.2) is 0 Å². The van der Waals surface area contributed by atoms with Gasteiger partial charge in [-0.1, -0.05) is 34.6 Å². The largest absolute Gasteiger partial charge is 0.369 e. The summed E-state index contributed by atoms with van der Waals surface area (Å²) in [5.74, 6) is 0.633. The van der Waals surface area contributed by atoms with E-state index in [0.29, 0.717) is 0 Å². The molecule has 0 aromatic rings. The van der Waals surface area contributed by atoms with Gasteiger partial charge in [0.25, 0.3) is 0 Å². The Hall–Kier alpha value is -0.900. The van der Waals surface area contributed by atoms with Crippen molar-refractivity contribution in [2.45, 2.75) is 74.0 Å². The maximum Gasteiger partial charge on any atom is 0.246 e. The highest BCUT2D eigenvalue weighted by atomic mass is 16.5. The van der Waals surface area contributed by atoms with Gasteiger partial charge in [-0.2, -0.15) is 0 Å². The fourth-order valence-corrected chi connectivity index (χ4v) is 0.935. The Morgan fingerprint density at radius 1 is 1.10 bits per heavy atom. The highest BCUT2D eigenvalue weighted by molar-refractivity contribution is 5.79. The molecule has 0 saturated carbocycles. The Bertz CT molecular complexity index is 291. The Kier molecular flexibility index (Phi) is 9.75. The first-order valence-corrected chi connectivity index (χ1v) is 7.24. The van der Waals surface area contributed by atoms with Crippen molar-refractivity contribution in [1.29, 1.82) is 0 Å². The minimum absolute atomic E-state index is 0.0212. The lowest BCUT2D eigenvalue weighted by Gasteiger charge is -2.38. The fourth-order valence-electron chi connectivity index (χ4n) is 0.935. The van der Waals surface area contributed by atoms with Gasteiger partial charge in [-0.3, -0.25) is 4.79 Å². The lowest BCUT2D eigenvalue weighted by Crippen LogP contribution is -2.55. The van der Waals surface area contributed by atoms with Gasteiger partial charge in [-0.15, -0.1) is 0 Å². The monoisotopic (exact) mass is 287 g/mol. The third kappa shape index (κ3) is 9.96. The van der Waals surface area contributed by atoms with E-state index in [2.05, 4.69) is 26.1 Å². The molecule has 120 valence electrons. The molecule has 4 heteroatoms. The van der Waals surface area contributed by atoms with Gasteiger partial charge >= 0.3 is 0 Å². The van der Waals surface area contributed by atoms with Crippen LogP contribution in [-0.2, 0) is 14.3 Å². The van der Waals surface area contributed by atoms with Crippen LogP contribution in [0.2, 0.25) is 0 Å². The van der Waals surface area contributed by atoms with Crippen molar-refractivity contribution >= 4 is 12.2 Å². The number of nitrogens with one attached hydrogen (secondary N) is 1. The molecule has 0 atom stereocenters. The summed E-state index contributed by atoms with van der Waals surface area (Å²) >= 11 is 0. The lowest BCUT2D eigenvalue weighted by molar-refractivity contribution is -0.131. The molecule has 0 aromatic carbocycles. The second-order valence-corrected chi connectivity index (χ2v) is 7.10. The van der Waals surface area contributed by atoms with E-state index in [1.165, 1.54) is 0 Å². The summed E-state index contributed by atoms with van der Waals surface area (Å²) in [4.78, 5) is 22.5. The van der Waals surface area contributed by atoms with Crippen molar-refractivity contribution in [3.63, 3.8) is 0 Å². The maximum atomic E-state index is 11.6. The number of carbonyl (C=O) groups excluding carboxylic acids is 2. The van der Waals surface area contributed by atoms with Crippen molar-refractivity contribution in [3.8, 4) is 0 Å². The van der Waals surface area contributed by atoms with Crippen LogP contribution in [0.3, 0.4) is 0 Å². The summed E-state index contributed by atoms with van der Waals surface area (Å²) in [5, 5.41) is 2.81. The van der Waals surface area contributed by atoms with Crippen LogP contribution >= 0.6 is 0 Å². The van der Waals surface area contributed by atoms with Crippen LogP contribution in [0.1, 0.15) is 62.3 Å². The molecule has 0 radical (unpaired) electrons. The standard InChI is InChI=1S/C12H23NO3.C4H10/c1-9(2)16-7-10(15)13-12(5,6)11(3,4)8-14;1-4(2)3/h8-9H,7H2,1-6H3,(H,13,15);4H,1-3H3. The molecule has 0 aliphatic rings. The molecule has 1 N–H and O–H groups in total. The minimum atomic E-state index is -0.611. The van der Waals surface area contributed by atoms with E-state index in [4.69, 9.17) is 4.74 Å². The number of amides is 1. The van der Waals surface area contributed by atoms with Gasteiger partial charge in [-0.05, 0) is 33.6 Å². The Labute approximate surface area is 124 Å². The molecule has 0 saturated heterocycles. The maximum absolute atomic E-state index is 11.6. The van der Waals surface area contributed by atoms with Gasteiger partial charge < -0.3 is 14.8 Å². The second kappa shape index (κ2) is 9.11. The molecule has 0 heterocycles. The number of carbonyl (C=O) groups is 2. The third-order valence-corrected chi connectivity index (χ3v) is 2.91. The van der Waals surface area contributed by atoms with Crippen LogP contribution in [0.4, 0.5) is 0 Å². The zero-order valence-electron chi connectivity index (χ0n) is 14.7. The SMILES string of the molecule is CC(C)C.CC(C)OCC(=O)NC(C)(C)C(C)(C)C=O. The molecule has 20 heavy (non-hydrogen) atoms. The van der Waals surface area contributed by atoms with Crippen LogP contribution in [0.5, 0.6) is 0 Å². The molecule has 0 bridgehead atoms. The summed E-state index contributed by atoms with van der Waals surface area (Å²) in [6.07, 6.45) is 0.879. The van der Waals surface area contributed by atoms with E-state index in [0.717, 1.165) is 12.2 Å². The molecular weight excluding hydrogens is 254 g/mol. The van der Waals surface area contributed by atoms with E-state index in [1.54, 1.807) is 13.8 Å². The molecule has 4 nitrogen and oxygen atoms in total. The summed E-state index contributed by atoms with van der Waals surface area (Å²) in [7, 11) is 0. The topological polar surface area (TPSA) is 55.4 Å². The van der Waals surface area contributed by atoms with Crippen LogP contribution < -0.4 is 5.32 Å². The molecule has 0 aliphatic heterocycles. The number of hydrogen-bond acceptors (Lipinski definition) is 3. The van der Waals surface area contributed by atoms with Gasteiger partial charge in [0, 0.05) is 11.0 Å². The zero-order chi connectivity index (χ0) is 16.6. The minimum Gasteiger partial charge on any atom is -0.369 e. The predicted octanol–water partition coefficient (Wildman–Crippen LogP) is 3.19. The Balaban J connectivity index is 0. The van der Waals surface area contributed by atoms with Crippen molar-refractivity contribution < 1.29 is 14.3 Å². The normalized spacial score (nSPS) is 11.9. The molecule has 0 spiro atoms. The van der Waals surface area contributed by atoms with E-state index < -0.39 is 11.0 Å². The third-order valence-electron chi connectivity index (χ3n) is 2.91. The first kappa shape index (κ1) is 21.4. The number of hydrogen-bond donors (Lipinski definition) is 1. The van der Waals surface area contributed by atoms with E-state index in [9.17, 15) is 9.59 Å². The molecule has 0 aliphatic carbocycles. The molecule has 1 amide bonds. The Morgan fingerprint density at radius 3 is 1.80 bits per heavy atom. The smallest absolute Gasteiger partial charge is 0.246 e.